The first kappa shape index (κ1) is 11.5. The van der Waals surface area contributed by atoms with E-state index in [9.17, 15) is 9.18 Å². The van der Waals surface area contributed by atoms with Gasteiger partial charge in [0, 0.05) is 30.1 Å². The second-order valence-electron chi connectivity index (χ2n) is 3.79. The van der Waals surface area contributed by atoms with E-state index in [4.69, 9.17) is 0 Å². The molecule has 0 aliphatic carbocycles. The predicted octanol–water partition coefficient (Wildman–Crippen LogP) is 2.91. The lowest BCUT2D eigenvalue weighted by atomic mass is 10.1. The fourth-order valence-corrected chi connectivity index (χ4v) is 1.80. The highest BCUT2D eigenvalue weighted by Crippen LogP contribution is 2.22. The Kier molecular flexibility index (Phi) is 3.32. The summed E-state index contributed by atoms with van der Waals surface area (Å²) in [5.74, 6) is 0.269. The standard InChI is InChI=1S/C13H13FN2O/c1-2-6-16-7-5-15-13(16)12-8-11(14)4-3-10(12)9-17/h3-5,7-9H,2,6H2,1H3. The number of carbonyl (C=O) groups is 1. The summed E-state index contributed by atoms with van der Waals surface area (Å²) in [5.41, 5.74) is 0.994. The third kappa shape index (κ3) is 2.25. The Labute approximate surface area is 98.9 Å². The molecule has 1 aromatic carbocycles. The van der Waals surface area contributed by atoms with Crippen LogP contribution in [0.25, 0.3) is 11.4 Å². The molecular formula is C13H13FN2O. The summed E-state index contributed by atoms with van der Waals surface area (Å²) in [6.07, 6.45) is 5.16. The van der Waals surface area contributed by atoms with Crippen LogP contribution in [0.3, 0.4) is 0 Å². The molecule has 3 nitrogen and oxygen atoms in total. The Balaban J connectivity index is 2.54. The van der Waals surface area contributed by atoms with Gasteiger partial charge in [0.25, 0.3) is 0 Å². The molecule has 0 N–H and O–H groups in total. The van der Waals surface area contributed by atoms with Crippen LogP contribution in [0.1, 0.15) is 23.7 Å². The van der Waals surface area contributed by atoms with Crippen molar-refractivity contribution in [2.75, 3.05) is 0 Å². The Morgan fingerprint density at radius 2 is 2.29 bits per heavy atom. The average molecular weight is 232 g/mol. The maximum Gasteiger partial charge on any atom is 0.150 e. The molecule has 2 rings (SSSR count). The number of rotatable bonds is 4. The van der Waals surface area contributed by atoms with Crippen molar-refractivity contribution in [3.8, 4) is 11.4 Å². The molecule has 0 radical (unpaired) electrons. The molecule has 0 bridgehead atoms. The van der Waals surface area contributed by atoms with Crippen LogP contribution in [0.15, 0.2) is 30.6 Å². The van der Waals surface area contributed by atoms with Gasteiger partial charge < -0.3 is 4.57 Å². The Morgan fingerprint density at radius 1 is 1.47 bits per heavy atom. The summed E-state index contributed by atoms with van der Waals surface area (Å²) in [5, 5.41) is 0. The number of benzene rings is 1. The zero-order valence-corrected chi connectivity index (χ0v) is 9.56. The number of nitrogens with zero attached hydrogens (tertiary/aromatic N) is 2. The van der Waals surface area contributed by atoms with Gasteiger partial charge in [-0.15, -0.1) is 0 Å². The monoisotopic (exact) mass is 232 g/mol. The lowest BCUT2D eigenvalue weighted by Gasteiger charge is -2.08. The largest absolute Gasteiger partial charge is 0.331 e. The van der Waals surface area contributed by atoms with Crippen LogP contribution in [0.2, 0.25) is 0 Å². The molecule has 0 saturated heterocycles. The Bertz CT molecular complexity index is 534. The van der Waals surface area contributed by atoms with Crippen LogP contribution in [0.5, 0.6) is 0 Å². The summed E-state index contributed by atoms with van der Waals surface area (Å²) < 4.78 is 15.2. The molecular weight excluding hydrogens is 219 g/mol. The highest BCUT2D eigenvalue weighted by Gasteiger charge is 2.11. The summed E-state index contributed by atoms with van der Waals surface area (Å²) in [6, 6.07) is 4.10. The predicted molar refractivity (Wildman–Crippen MR) is 63.3 cm³/mol. The third-order valence-electron chi connectivity index (χ3n) is 2.56. The zero-order valence-electron chi connectivity index (χ0n) is 9.56. The van der Waals surface area contributed by atoms with Crippen molar-refractivity contribution in [1.82, 2.24) is 9.55 Å². The number of hydrogen-bond donors (Lipinski definition) is 0. The van der Waals surface area contributed by atoms with Crippen molar-refractivity contribution in [3.05, 3.63) is 42.0 Å². The van der Waals surface area contributed by atoms with E-state index in [-0.39, 0.29) is 5.82 Å². The molecule has 0 spiro atoms. The van der Waals surface area contributed by atoms with Gasteiger partial charge in [-0.2, -0.15) is 0 Å². The molecule has 0 amide bonds. The number of halogens is 1. The zero-order chi connectivity index (χ0) is 12.3. The molecule has 17 heavy (non-hydrogen) atoms. The van der Waals surface area contributed by atoms with Crippen molar-refractivity contribution in [3.63, 3.8) is 0 Å². The fourth-order valence-electron chi connectivity index (χ4n) is 1.80. The van der Waals surface area contributed by atoms with Gasteiger partial charge in [0.2, 0.25) is 0 Å². The fraction of sp³-hybridized carbons (Fsp3) is 0.231. The van der Waals surface area contributed by atoms with E-state index in [1.54, 1.807) is 6.20 Å². The molecule has 2 aromatic rings. The van der Waals surface area contributed by atoms with Gasteiger partial charge in [0.15, 0.2) is 6.29 Å². The minimum Gasteiger partial charge on any atom is -0.331 e. The van der Waals surface area contributed by atoms with Crippen molar-refractivity contribution in [1.29, 1.82) is 0 Å². The number of aryl methyl sites for hydroxylation is 1. The number of imidazole rings is 1. The van der Waals surface area contributed by atoms with Crippen molar-refractivity contribution >= 4 is 6.29 Å². The van der Waals surface area contributed by atoms with Gasteiger partial charge in [0.05, 0.1) is 0 Å². The van der Waals surface area contributed by atoms with Gasteiger partial charge in [-0.05, 0) is 24.6 Å². The van der Waals surface area contributed by atoms with Gasteiger partial charge in [0.1, 0.15) is 11.6 Å². The van der Waals surface area contributed by atoms with Gasteiger partial charge in [-0.3, -0.25) is 4.79 Å². The molecule has 1 aromatic heterocycles. The molecule has 4 heteroatoms. The maximum atomic E-state index is 13.2. The van der Waals surface area contributed by atoms with E-state index >= 15 is 0 Å². The molecule has 0 saturated carbocycles. The first-order valence-electron chi connectivity index (χ1n) is 5.52. The smallest absolute Gasteiger partial charge is 0.150 e. The summed E-state index contributed by atoms with van der Waals surface area (Å²) in [6.45, 7) is 2.85. The third-order valence-corrected chi connectivity index (χ3v) is 2.56. The van der Waals surface area contributed by atoms with Crippen LogP contribution in [-0.4, -0.2) is 15.8 Å². The van der Waals surface area contributed by atoms with Crippen molar-refractivity contribution < 1.29 is 9.18 Å². The number of hydrogen-bond acceptors (Lipinski definition) is 2. The lowest BCUT2D eigenvalue weighted by molar-refractivity contribution is 0.112. The van der Waals surface area contributed by atoms with Gasteiger partial charge >= 0.3 is 0 Å². The molecule has 88 valence electrons. The van der Waals surface area contributed by atoms with E-state index in [0.29, 0.717) is 17.0 Å². The van der Waals surface area contributed by atoms with Crippen molar-refractivity contribution in [2.24, 2.45) is 0 Å². The summed E-state index contributed by atoms with van der Waals surface area (Å²) >= 11 is 0. The number of carbonyl (C=O) groups excluding carboxylic acids is 1. The summed E-state index contributed by atoms with van der Waals surface area (Å²) in [7, 11) is 0. The van der Waals surface area contributed by atoms with E-state index < -0.39 is 0 Å². The molecule has 0 atom stereocenters. The van der Waals surface area contributed by atoms with Crippen LogP contribution < -0.4 is 0 Å². The Hall–Kier alpha value is -1.97. The highest BCUT2D eigenvalue weighted by molar-refractivity contribution is 5.85. The second kappa shape index (κ2) is 4.91. The molecule has 1 heterocycles. The van der Waals surface area contributed by atoms with Gasteiger partial charge in [-0.25, -0.2) is 9.37 Å². The first-order chi connectivity index (χ1) is 8.26. The quantitative estimate of drug-likeness (QED) is 0.760. The molecule has 0 fully saturated rings. The molecule has 0 aliphatic rings. The van der Waals surface area contributed by atoms with Crippen LogP contribution in [0, 0.1) is 5.82 Å². The molecule has 0 aliphatic heterocycles. The lowest BCUT2D eigenvalue weighted by Crippen LogP contribution is -2.01. The highest BCUT2D eigenvalue weighted by atomic mass is 19.1. The summed E-state index contributed by atoms with van der Waals surface area (Å²) in [4.78, 5) is 15.1. The van der Waals surface area contributed by atoms with Crippen LogP contribution in [-0.2, 0) is 6.54 Å². The topological polar surface area (TPSA) is 34.9 Å². The maximum absolute atomic E-state index is 13.2. The minimum atomic E-state index is -0.364. The van der Waals surface area contributed by atoms with E-state index in [0.717, 1.165) is 19.3 Å². The molecule has 0 unspecified atom stereocenters. The Morgan fingerprint density at radius 3 is 3.00 bits per heavy atom. The van der Waals surface area contributed by atoms with E-state index in [1.165, 1.54) is 18.2 Å². The normalized spacial score (nSPS) is 10.5. The van der Waals surface area contributed by atoms with Crippen molar-refractivity contribution in [2.45, 2.75) is 19.9 Å². The number of aromatic nitrogens is 2. The van der Waals surface area contributed by atoms with Crippen LogP contribution in [0.4, 0.5) is 4.39 Å². The average Bonchev–Trinajstić information content (AvgIpc) is 2.77. The SMILES string of the molecule is CCCn1ccnc1-c1cc(F)ccc1C=O. The second-order valence-corrected chi connectivity index (χ2v) is 3.79. The van der Waals surface area contributed by atoms with E-state index in [2.05, 4.69) is 11.9 Å². The number of aldehydes is 1. The van der Waals surface area contributed by atoms with Gasteiger partial charge in [-0.1, -0.05) is 6.92 Å². The van der Waals surface area contributed by atoms with E-state index in [1.807, 2.05) is 10.8 Å². The minimum absolute atomic E-state index is 0.364. The van der Waals surface area contributed by atoms with Crippen LogP contribution >= 0.6 is 0 Å². The first-order valence-corrected chi connectivity index (χ1v) is 5.52.